The van der Waals surface area contributed by atoms with Crippen LogP contribution in [0.5, 0.6) is 0 Å². The first-order chi connectivity index (χ1) is 8.27. The number of nitrogens with zero attached hydrogens (tertiary/aromatic N) is 4. The Hall–Kier alpha value is -2.44. The van der Waals surface area contributed by atoms with Crippen molar-refractivity contribution in [1.82, 2.24) is 9.80 Å². The lowest BCUT2D eigenvalue weighted by Crippen LogP contribution is -2.35. The number of aliphatic imine (C=N–C) groups is 2. The van der Waals surface area contributed by atoms with Crippen molar-refractivity contribution in [3.8, 4) is 0 Å². The molecule has 0 bridgehead atoms. The van der Waals surface area contributed by atoms with Crippen LogP contribution in [-0.2, 0) is 4.74 Å². The molecule has 7 heteroatoms. The van der Waals surface area contributed by atoms with Crippen molar-refractivity contribution in [1.29, 1.82) is 0 Å². The number of hydrogen-bond donors (Lipinski definition) is 0. The van der Waals surface area contributed by atoms with E-state index < -0.39 is 12.2 Å². The Kier molecular flexibility index (Phi) is 3.29. The van der Waals surface area contributed by atoms with Gasteiger partial charge in [-0.05, 0) is 12.2 Å². The lowest BCUT2D eigenvalue weighted by atomic mass is 10.5. The van der Waals surface area contributed by atoms with Gasteiger partial charge in [-0.2, -0.15) is 0 Å². The molecule has 2 aliphatic rings. The molecule has 2 heterocycles. The molecule has 2 aliphatic heterocycles. The van der Waals surface area contributed by atoms with Crippen molar-refractivity contribution in [2.75, 3.05) is 13.3 Å². The third-order valence-corrected chi connectivity index (χ3v) is 2.03. The molecule has 0 fully saturated rings. The standard InChI is InChI=1S/C10H10N4O3/c15-9(13-5-1-3-11-7-13)17-10(16)14-6-2-4-12-8-14/h1-6H,7-8H2. The molecule has 0 aromatic rings. The van der Waals surface area contributed by atoms with Gasteiger partial charge in [-0.15, -0.1) is 0 Å². The lowest BCUT2D eigenvalue weighted by molar-refractivity contribution is 0.113. The first-order valence-corrected chi connectivity index (χ1v) is 4.89. The van der Waals surface area contributed by atoms with Crippen LogP contribution in [0.4, 0.5) is 9.59 Å². The quantitative estimate of drug-likeness (QED) is 0.586. The second-order valence-corrected chi connectivity index (χ2v) is 3.20. The summed E-state index contributed by atoms with van der Waals surface area (Å²) in [6, 6.07) is 0. The van der Waals surface area contributed by atoms with E-state index in [9.17, 15) is 9.59 Å². The zero-order chi connectivity index (χ0) is 12.1. The Morgan fingerprint density at radius 1 is 0.941 bits per heavy atom. The summed E-state index contributed by atoms with van der Waals surface area (Å²) in [7, 11) is 0. The molecule has 7 nitrogen and oxygen atoms in total. The number of carbonyl (C=O) groups is 2. The van der Waals surface area contributed by atoms with Crippen LogP contribution in [0.1, 0.15) is 0 Å². The Bertz CT molecular complexity index is 399. The van der Waals surface area contributed by atoms with Crippen LogP contribution in [0.2, 0.25) is 0 Å². The van der Waals surface area contributed by atoms with Gasteiger partial charge in [-0.3, -0.25) is 19.8 Å². The molecule has 0 aromatic carbocycles. The molecule has 0 atom stereocenters. The summed E-state index contributed by atoms with van der Waals surface area (Å²) in [4.78, 5) is 33.1. The zero-order valence-electron chi connectivity index (χ0n) is 8.89. The molecule has 2 amide bonds. The van der Waals surface area contributed by atoms with Gasteiger partial charge in [-0.25, -0.2) is 9.59 Å². The molecule has 0 spiro atoms. The monoisotopic (exact) mass is 234 g/mol. The third kappa shape index (κ3) is 2.77. The molecule has 0 unspecified atom stereocenters. The molecule has 0 saturated carbocycles. The predicted octanol–water partition coefficient (Wildman–Crippen LogP) is 0.958. The zero-order valence-corrected chi connectivity index (χ0v) is 8.89. The maximum absolute atomic E-state index is 11.5. The van der Waals surface area contributed by atoms with E-state index in [2.05, 4.69) is 14.7 Å². The molecule has 88 valence electrons. The van der Waals surface area contributed by atoms with Gasteiger partial charge < -0.3 is 4.74 Å². The fourth-order valence-corrected chi connectivity index (χ4v) is 1.20. The van der Waals surface area contributed by atoms with Gasteiger partial charge >= 0.3 is 12.2 Å². The smallest absolute Gasteiger partial charge is 0.359 e. The van der Waals surface area contributed by atoms with Crippen LogP contribution in [0, 0.1) is 0 Å². The molecule has 0 radical (unpaired) electrons. The van der Waals surface area contributed by atoms with Gasteiger partial charge in [0.15, 0.2) is 0 Å². The van der Waals surface area contributed by atoms with Gasteiger partial charge in [0, 0.05) is 24.8 Å². The average Bonchev–Trinajstić information content (AvgIpc) is 2.40. The number of rotatable bonds is 0. The lowest BCUT2D eigenvalue weighted by Gasteiger charge is -2.20. The highest BCUT2D eigenvalue weighted by Crippen LogP contribution is 2.04. The largest absolute Gasteiger partial charge is 0.424 e. The van der Waals surface area contributed by atoms with Crippen LogP contribution >= 0.6 is 0 Å². The maximum Gasteiger partial charge on any atom is 0.424 e. The van der Waals surface area contributed by atoms with Gasteiger partial charge in [0.2, 0.25) is 0 Å². The maximum atomic E-state index is 11.5. The van der Waals surface area contributed by atoms with Crippen molar-refractivity contribution in [2.45, 2.75) is 0 Å². The van der Waals surface area contributed by atoms with Crippen LogP contribution in [0.15, 0.2) is 34.5 Å². The number of ether oxygens (including phenoxy) is 1. The Balaban J connectivity index is 1.88. The van der Waals surface area contributed by atoms with Crippen molar-refractivity contribution < 1.29 is 14.3 Å². The van der Waals surface area contributed by atoms with E-state index in [1.165, 1.54) is 22.2 Å². The molecule has 0 aromatic heterocycles. The first kappa shape index (κ1) is 11.1. The Morgan fingerprint density at radius 3 is 1.76 bits per heavy atom. The van der Waals surface area contributed by atoms with E-state index in [4.69, 9.17) is 0 Å². The molecule has 0 saturated heterocycles. The Labute approximate surface area is 97.4 Å². The van der Waals surface area contributed by atoms with Gasteiger partial charge in [0.1, 0.15) is 13.3 Å². The molecule has 2 rings (SSSR count). The summed E-state index contributed by atoms with van der Waals surface area (Å²) in [5.74, 6) is 0. The van der Waals surface area contributed by atoms with E-state index in [-0.39, 0.29) is 13.3 Å². The van der Waals surface area contributed by atoms with Crippen molar-refractivity contribution in [3.05, 3.63) is 24.6 Å². The highest BCUT2D eigenvalue weighted by atomic mass is 16.6. The summed E-state index contributed by atoms with van der Waals surface area (Å²) in [5.41, 5.74) is 0. The fraction of sp³-hybridized carbons (Fsp3) is 0.200. The summed E-state index contributed by atoms with van der Waals surface area (Å²) in [5, 5.41) is 0. The molecule has 0 aliphatic carbocycles. The van der Waals surface area contributed by atoms with Crippen LogP contribution in [0.25, 0.3) is 0 Å². The first-order valence-electron chi connectivity index (χ1n) is 4.89. The summed E-state index contributed by atoms with van der Waals surface area (Å²) >= 11 is 0. The second kappa shape index (κ2) is 5.06. The van der Waals surface area contributed by atoms with E-state index in [1.54, 1.807) is 24.6 Å². The summed E-state index contributed by atoms with van der Waals surface area (Å²) in [6.45, 7) is 0.299. The highest BCUT2D eigenvalue weighted by molar-refractivity contribution is 5.86. The van der Waals surface area contributed by atoms with E-state index >= 15 is 0 Å². The topological polar surface area (TPSA) is 74.6 Å². The minimum Gasteiger partial charge on any atom is -0.359 e. The van der Waals surface area contributed by atoms with E-state index in [0.29, 0.717) is 0 Å². The van der Waals surface area contributed by atoms with Gasteiger partial charge in [0.25, 0.3) is 0 Å². The fourth-order valence-electron chi connectivity index (χ4n) is 1.20. The van der Waals surface area contributed by atoms with Gasteiger partial charge in [-0.1, -0.05) is 0 Å². The molecule has 0 N–H and O–H groups in total. The highest BCUT2D eigenvalue weighted by Gasteiger charge is 2.21. The van der Waals surface area contributed by atoms with Crippen LogP contribution in [0.3, 0.4) is 0 Å². The molecular formula is C10H10N4O3. The predicted molar refractivity (Wildman–Crippen MR) is 60.6 cm³/mol. The Morgan fingerprint density at radius 2 is 1.41 bits per heavy atom. The van der Waals surface area contributed by atoms with Crippen molar-refractivity contribution in [2.24, 2.45) is 9.98 Å². The minimum absolute atomic E-state index is 0.149. The second-order valence-electron chi connectivity index (χ2n) is 3.20. The van der Waals surface area contributed by atoms with E-state index in [1.807, 2.05) is 0 Å². The summed E-state index contributed by atoms with van der Waals surface area (Å²) < 4.78 is 4.65. The molecular weight excluding hydrogens is 224 g/mol. The van der Waals surface area contributed by atoms with Gasteiger partial charge in [0.05, 0.1) is 0 Å². The molecule has 17 heavy (non-hydrogen) atoms. The number of carbonyl (C=O) groups excluding carboxylic acids is 2. The number of hydrogen-bond acceptors (Lipinski definition) is 5. The third-order valence-electron chi connectivity index (χ3n) is 2.03. The van der Waals surface area contributed by atoms with Crippen LogP contribution < -0.4 is 0 Å². The average molecular weight is 234 g/mol. The number of amides is 2. The van der Waals surface area contributed by atoms with Crippen molar-refractivity contribution >= 4 is 24.6 Å². The summed E-state index contributed by atoms with van der Waals surface area (Å²) in [6.07, 6.45) is 7.76. The van der Waals surface area contributed by atoms with Crippen LogP contribution in [-0.4, -0.2) is 47.8 Å². The minimum atomic E-state index is -0.758. The SMILES string of the molecule is O=C(OC(=O)N1C=CC=NC1)N1C=CC=NC1. The van der Waals surface area contributed by atoms with Crippen molar-refractivity contribution in [3.63, 3.8) is 0 Å². The normalized spacial score (nSPS) is 17.4. The van der Waals surface area contributed by atoms with E-state index in [0.717, 1.165) is 0 Å². The number of allylic oxidation sites excluding steroid dienone is 2.